The Hall–Kier alpha value is -2.65. The van der Waals surface area contributed by atoms with E-state index in [4.69, 9.17) is 14.5 Å². The zero-order valence-corrected chi connectivity index (χ0v) is 17.8. The molecule has 0 fully saturated rings. The number of aryl methyl sites for hydroxylation is 2. The highest BCUT2D eigenvalue weighted by Gasteiger charge is 2.25. The molecule has 0 unspecified atom stereocenters. The molecule has 0 spiro atoms. The molecule has 0 saturated carbocycles. The van der Waals surface area contributed by atoms with Crippen LogP contribution in [0.4, 0.5) is 5.13 Å². The third-order valence-electron chi connectivity index (χ3n) is 4.48. The van der Waals surface area contributed by atoms with Crippen molar-refractivity contribution in [2.45, 2.75) is 6.92 Å². The second-order valence-electron chi connectivity index (χ2n) is 6.70. The predicted octanol–water partition coefficient (Wildman–Crippen LogP) is 2.56. The topological polar surface area (TPSA) is 72.7 Å². The molecule has 0 N–H and O–H groups in total. The molecule has 8 nitrogen and oxygen atoms in total. The Bertz CT molecular complexity index is 935. The maximum Gasteiger partial charge on any atom is 0.280 e. The van der Waals surface area contributed by atoms with Crippen molar-refractivity contribution in [2.75, 3.05) is 46.3 Å². The van der Waals surface area contributed by atoms with Gasteiger partial charge in [-0.25, -0.2) is 4.98 Å². The fourth-order valence-corrected chi connectivity index (χ4v) is 3.88. The maximum atomic E-state index is 13.2. The minimum atomic E-state index is -0.178. The van der Waals surface area contributed by atoms with Gasteiger partial charge in [0.15, 0.2) is 10.8 Å². The average Bonchev–Trinajstić information content (AvgIpc) is 3.24. The van der Waals surface area contributed by atoms with Crippen molar-refractivity contribution in [1.29, 1.82) is 0 Å². The van der Waals surface area contributed by atoms with E-state index in [1.807, 2.05) is 45.1 Å². The molecule has 1 aromatic carbocycles. The molecule has 28 heavy (non-hydrogen) atoms. The first kappa shape index (κ1) is 20.1. The van der Waals surface area contributed by atoms with Crippen LogP contribution in [0.2, 0.25) is 0 Å². The van der Waals surface area contributed by atoms with Crippen LogP contribution in [0.3, 0.4) is 0 Å². The van der Waals surface area contributed by atoms with E-state index in [2.05, 4.69) is 5.10 Å². The number of carbonyl (C=O) groups excluding carboxylic acids is 1. The summed E-state index contributed by atoms with van der Waals surface area (Å²) in [6.07, 6.45) is 0. The summed E-state index contributed by atoms with van der Waals surface area (Å²) in [7, 11) is 8.98. The summed E-state index contributed by atoms with van der Waals surface area (Å²) in [4.78, 5) is 21.7. The monoisotopic (exact) mass is 403 g/mol. The number of amides is 1. The lowest BCUT2D eigenvalue weighted by Gasteiger charge is -2.21. The van der Waals surface area contributed by atoms with Gasteiger partial charge >= 0.3 is 0 Å². The zero-order chi connectivity index (χ0) is 20.4. The minimum absolute atomic E-state index is 0.178. The molecule has 0 saturated heterocycles. The number of rotatable bonds is 7. The summed E-state index contributed by atoms with van der Waals surface area (Å²) in [6, 6.07) is 5.45. The molecule has 1 amide bonds. The quantitative estimate of drug-likeness (QED) is 0.604. The molecule has 0 aliphatic rings. The van der Waals surface area contributed by atoms with Crippen LogP contribution in [0.5, 0.6) is 11.5 Å². The predicted molar refractivity (Wildman–Crippen MR) is 111 cm³/mol. The Balaban J connectivity index is 2.08. The lowest BCUT2D eigenvalue weighted by atomic mass is 10.3. The van der Waals surface area contributed by atoms with Crippen molar-refractivity contribution in [3.63, 3.8) is 0 Å². The van der Waals surface area contributed by atoms with Crippen LogP contribution in [-0.4, -0.2) is 67.0 Å². The van der Waals surface area contributed by atoms with Gasteiger partial charge in [0, 0.05) is 25.8 Å². The van der Waals surface area contributed by atoms with Gasteiger partial charge in [-0.05, 0) is 39.2 Å². The van der Waals surface area contributed by atoms with Gasteiger partial charge in [-0.15, -0.1) is 0 Å². The molecular formula is C19H25N5O3S. The molecule has 2 aromatic heterocycles. The van der Waals surface area contributed by atoms with Crippen LogP contribution in [0.15, 0.2) is 18.2 Å². The van der Waals surface area contributed by atoms with Crippen LogP contribution in [-0.2, 0) is 7.05 Å². The second kappa shape index (κ2) is 8.15. The van der Waals surface area contributed by atoms with E-state index in [1.165, 1.54) is 11.3 Å². The second-order valence-corrected chi connectivity index (χ2v) is 7.68. The van der Waals surface area contributed by atoms with Gasteiger partial charge in [-0.2, -0.15) is 5.10 Å². The third-order valence-corrected chi connectivity index (χ3v) is 5.57. The molecule has 0 aliphatic heterocycles. The van der Waals surface area contributed by atoms with E-state index < -0.39 is 0 Å². The van der Waals surface area contributed by atoms with Gasteiger partial charge in [0.1, 0.15) is 21.7 Å². The van der Waals surface area contributed by atoms with E-state index in [1.54, 1.807) is 29.9 Å². The van der Waals surface area contributed by atoms with Gasteiger partial charge in [-0.3, -0.25) is 14.4 Å². The lowest BCUT2D eigenvalue weighted by Crippen LogP contribution is -2.37. The number of hydrogen-bond donors (Lipinski definition) is 0. The number of carbonyl (C=O) groups is 1. The Morgan fingerprint density at radius 2 is 1.86 bits per heavy atom. The fraction of sp³-hybridized carbons (Fsp3) is 0.421. The molecule has 3 aromatic rings. The summed E-state index contributed by atoms with van der Waals surface area (Å²) >= 11 is 1.41. The number of fused-ring (bicyclic) bond motifs is 1. The maximum absolute atomic E-state index is 13.2. The van der Waals surface area contributed by atoms with Crippen LogP contribution < -0.4 is 14.4 Å². The van der Waals surface area contributed by atoms with Crippen molar-refractivity contribution in [2.24, 2.45) is 7.05 Å². The SMILES string of the molecule is COc1ccc(OC)c2sc(N(CCN(C)C)C(=O)c3cc(C)n(C)n3)nc12. The van der Waals surface area contributed by atoms with Gasteiger partial charge in [0.05, 0.1) is 14.2 Å². The first-order chi connectivity index (χ1) is 13.3. The fourth-order valence-electron chi connectivity index (χ4n) is 2.78. The van der Waals surface area contributed by atoms with E-state index in [-0.39, 0.29) is 5.91 Å². The highest BCUT2D eigenvalue weighted by Crippen LogP contribution is 2.40. The molecular weight excluding hydrogens is 378 g/mol. The number of hydrogen-bond acceptors (Lipinski definition) is 7. The average molecular weight is 404 g/mol. The van der Waals surface area contributed by atoms with E-state index >= 15 is 0 Å². The standard InChI is InChI=1S/C19H25N5O3S/c1-12-11-13(21-23(12)4)18(25)24(10-9-22(2)3)19-20-16-14(26-5)7-8-15(27-6)17(16)28-19/h7-8,11H,9-10H2,1-6H3. The first-order valence-corrected chi connectivity index (χ1v) is 9.66. The number of aromatic nitrogens is 3. The van der Waals surface area contributed by atoms with Crippen molar-refractivity contribution >= 4 is 32.6 Å². The Labute approximate surface area is 168 Å². The van der Waals surface area contributed by atoms with Crippen LogP contribution in [0, 0.1) is 6.92 Å². The van der Waals surface area contributed by atoms with Crippen molar-refractivity contribution < 1.29 is 14.3 Å². The molecule has 150 valence electrons. The van der Waals surface area contributed by atoms with E-state index in [0.717, 1.165) is 10.4 Å². The summed E-state index contributed by atoms with van der Waals surface area (Å²) in [5.41, 5.74) is 2.00. The number of methoxy groups -OCH3 is 2. The molecule has 9 heteroatoms. The zero-order valence-electron chi connectivity index (χ0n) is 17.0. The molecule has 0 bridgehead atoms. The van der Waals surface area contributed by atoms with Crippen molar-refractivity contribution in [3.8, 4) is 11.5 Å². The number of likely N-dealkylation sites (N-methyl/N-ethyl adjacent to an activating group) is 1. The largest absolute Gasteiger partial charge is 0.495 e. The molecule has 2 heterocycles. The molecule has 0 radical (unpaired) electrons. The van der Waals surface area contributed by atoms with Crippen LogP contribution >= 0.6 is 11.3 Å². The summed E-state index contributed by atoms with van der Waals surface area (Å²) in [6.45, 7) is 3.11. The Kier molecular flexibility index (Phi) is 5.85. The van der Waals surface area contributed by atoms with Gasteiger partial charge in [-0.1, -0.05) is 11.3 Å². The normalized spacial score (nSPS) is 11.2. The lowest BCUT2D eigenvalue weighted by molar-refractivity contribution is 0.0979. The van der Waals surface area contributed by atoms with Gasteiger partial charge in [0.2, 0.25) is 0 Å². The Morgan fingerprint density at radius 1 is 1.18 bits per heavy atom. The smallest absolute Gasteiger partial charge is 0.280 e. The number of ether oxygens (including phenoxy) is 2. The van der Waals surface area contributed by atoms with E-state index in [0.29, 0.717) is 40.9 Å². The van der Waals surface area contributed by atoms with Gasteiger partial charge in [0.25, 0.3) is 5.91 Å². The molecule has 0 aliphatic carbocycles. The molecule has 3 rings (SSSR count). The minimum Gasteiger partial charge on any atom is -0.495 e. The summed E-state index contributed by atoms with van der Waals surface area (Å²) < 4.78 is 13.5. The summed E-state index contributed by atoms with van der Waals surface area (Å²) in [5, 5.41) is 4.94. The Morgan fingerprint density at radius 3 is 2.43 bits per heavy atom. The highest BCUT2D eigenvalue weighted by molar-refractivity contribution is 7.22. The number of benzene rings is 1. The van der Waals surface area contributed by atoms with Crippen molar-refractivity contribution in [3.05, 3.63) is 29.6 Å². The molecule has 0 atom stereocenters. The number of nitrogens with zero attached hydrogens (tertiary/aromatic N) is 5. The van der Waals surface area contributed by atoms with Crippen LogP contribution in [0.1, 0.15) is 16.2 Å². The number of anilines is 1. The third kappa shape index (κ3) is 3.81. The van der Waals surface area contributed by atoms with Crippen LogP contribution in [0.25, 0.3) is 10.2 Å². The van der Waals surface area contributed by atoms with E-state index in [9.17, 15) is 4.79 Å². The number of thiazole rings is 1. The first-order valence-electron chi connectivity index (χ1n) is 8.84. The van der Waals surface area contributed by atoms with Crippen molar-refractivity contribution in [1.82, 2.24) is 19.7 Å². The highest BCUT2D eigenvalue weighted by atomic mass is 32.1. The van der Waals surface area contributed by atoms with Gasteiger partial charge < -0.3 is 14.4 Å². The summed E-state index contributed by atoms with van der Waals surface area (Å²) in [5.74, 6) is 1.17.